The predicted molar refractivity (Wildman–Crippen MR) is 48.2 cm³/mol. The van der Waals surface area contributed by atoms with Crippen LogP contribution < -0.4 is 0 Å². The zero-order valence-electron chi connectivity index (χ0n) is 7.40. The van der Waals surface area contributed by atoms with Crippen molar-refractivity contribution in [1.82, 2.24) is 4.98 Å². The lowest BCUT2D eigenvalue weighted by Crippen LogP contribution is -1.91. The number of Topliss-reactive ketones (excluding diaryl/α,β-unsaturated/α-hetero) is 1. The number of carbonyl (C=O) groups excluding carboxylic acids is 1. The summed E-state index contributed by atoms with van der Waals surface area (Å²) in [5, 5.41) is 0.0255. The van der Waals surface area contributed by atoms with Crippen LogP contribution in [0.3, 0.4) is 0 Å². The highest BCUT2D eigenvalue weighted by Gasteiger charge is 2.14. The molecule has 1 N–H and O–H groups in total. The second kappa shape index (κ2) is 2.90. The molecule has 0 amide bonds. The number of aromatic nitrogens is 1. The molecule has 4 heteroatoms. The molecule has 0 atom stereocenters. The molecular formula is C10H7F2NO. The lowest BCUT2D eigenvalue weighted by Gasteiger charge is -1.96. The monoisotopic (exact) mass is 195 g/mol. The van der Waals surface area contributed by atoms with Gasteiger partial charge in [0, 0.05) is 17.1 Å². The molecule has 72 valence electrons. The number of hydrogen-bond acceptors (Lipinski definition) is 1. The Morgan fingerprint density at radius 3 is 2.57 bits per heavy atom. The lowest BCUT2D eigenvalue weighted by atomic mass is 10.1. The zero-order valence-corrected chi connectivity index (χ0v) is 7.40. The first-order valence-corrected chi connectivity index (χ1v) is 4.07. The summed E-state index contributed by atoms with van der Waals surface area (Å²) >= 11 is 0. The van der Waals surface area contributed by atoms with Gasteiger partial charge in [0.2, 0.25) is 0 Å². The number of fused-ring (bicyclic) bond motifs is 1. The van der Waals surface area contributed by atoms with E-state index < -0.39 is 11.6 Å². The number of carbonyl (C=O) groups is 1. The van der Waals surface area contributed by atoms with Crippen LogP contribution in [0.2, 0.25) is 0 Å². The highest BCUT2D eigenvalue weighted by atomic mass is 19.1. The van der Waals surface area contributed by atoms with Gasteiger partial charge in [-0.15, -0.1) is 0 Å². The van der Waals surface area contributed by atoms with Gasteiger partial charge in [-0.3, -0.25) is 4.79 Å². The molecule has 0 aliphatic rings. The van der Waals surface area contributed by atoms with E-state index in [4.69, 9.17) is 0 Å². The van der Waals surface area contributed by atoms with Crippen molar-refractivity contribution in [2.24, 2.45) is 0 Å². The maximum Gasteiger partial charge on any atom is 0.162 e. The highest BCUT2D eigenvalue weighted by Crippen LogP contribution is 2.24. The Hall–Kier alpha value is -1.71. The number of aromatic amines is 1. The van der Waals surface area contributed by atoms with Gasteiger partial charge in [-0.1, -0.05) is 0 Å². The van der Waals surface area contributed by atoms with Crippen LogP contribution in [-0.2, 0) is 0 Å². The Labute approximate surface area is 78.5 Å². The Morgan fingerprint density at radius 2 is 1.93 bits per heavy atom. The van der Waals surface area contributed by atoms with Crippen LogP contribution in [0.25, 0.3) is 10.9 Å². The predicted octanol–water partition coefficient (Wildman–Crippen LogP) is 2.65. The maximum atomic E-state index is 13.3. The average Bonchev–Trinajstić information content (AvgIpc) is 2.56. The van der Waals surface area contributed by atoms with Crippen LogP contribution in [0.5, 0.6) is 0 Å². The molecular weight excluding hydrogens is 188 g/mol. The molecule has 0 saturated carbocycles. The van der Waals surface area contributed by atoms with Crippen molar-refractivity contribution < 1.29 is 13.6 Å². The zero-order chi connectivity index (χ0) is 10.3. The van der Waals surface area contributed by atoms with Gasteiger partial charge in [0.25, 0.3) is 0 Å². The molecule has 0 unspecified atom stereocenters. The summed E-state index contributed by atoms with van der Waals surface area (Å²) in [6.07, 6.45) is 1.32. The van der Waals surface area contributed by atoms with Gasteiger partial charge < -0.3 is 4.98 Å². The fourth-order valence-corrected chi connectivity index (χ4v) is 1.45. The van der Waals surface area contributed by atoms with Crippen LogP contribution in [0.1, 0.15) is 17.3 Å². The van der Waals surface area contributed by atoms with Crippen molar-refractivity contribution in [3.05, 3.63) is 35.5 Å². The second-order valence-electron chi connectivity index (χ2n) is 3.04. The number of rotatable bonds is 1. The molecule has 0 bridgehead atoms. The van der Waals surface area contributed by atoms with Crippen molar-refractivity contribution in [1.29, 1.82) is 0 Å². The Bertz CT molecular complexity index is 516. The summed E-state index contributed by atoms with van der Waals surface area (Å²) in [4.78, 5) is 13.6. The fraction of sp³-hybridized carbons (Fsp3) is 0.100. The third-order valence-corrected chi connectivity index (χ3v) is 2.11. The van der Waals surface area contributed by atoms with E-state index >= 15 is 0 Å². The van der Waals surface area contributed by atoms with Gasteiger partial charge in [0.15, 0.2) is 5.78 Å². The van der Waals surface area contributed by atoms with E-state index in [1.165, 1.54) is 13.1 Å². The number of nitrogens with one attached hydrogen (secondary N) is 1. The molecule has 0 saturated heterocycles. The van der Waals surface area contributed by atoms with Crippen LogP contribution in [0.4, 0.5) is 8.78 Å². The highest BCUT2D eigenvalue weighted by molar-refractivity contribution is 6.06. The molecule has 1 aromatic carbocycles. The largest absolute Gasteiger partial charge is 0.358 e. The Kier molecular flexibility index (Phi) is 1.84. The first-order valence-electron chi connectivity index (χ1n) is 4.07. The van der Waals surface area contributed by atoms with Crippen molar-refractivity contribution in [3.63, 3.8) is 0 Å². The normalized spacial score (nSPS) is 10.8. The number of benzene rings is 1. The molecule has 14 heavy (non-hydrogen) atoms. The quantitative estimate of drug-likeness (QED) is 0.697. The van der Waals surface area contributed by atoms with Crippen molar-refractivity contribution >= 4 is 16.7 Å². The first-order chi connectivity index (χ1) is 6.61. The Balaban J connectivity index is 2.90. The molecule has 1 heterocycles. The minimum atomic E-state index is -0.590. The van der Waals surface area contributed by atoms with E-state index in [0.29, 0.717) is 0 Å². The van der Waals surface area contributed by atoms with E-state index in [1.54, 1.807) is 0 Å². The van der Waals surface area contributed by atoms with Gasteiger partial charge in [-0.05, 0) is 19.1 Å². The van der Waals surface area contributed by atoms with Crippen LogP contribution in [0, 0.1) is 11.6 Å². The number of ketones is 1. The second-order valence-corrected chi connectivity index (χ2v) is 3.04. The van der Waals surface area contributed by atoms with Crippen LogP contribution in [0.15, 0.2) is 18.3 Å². The summed E-state index contributed by atoms with van der Waals surface area (Å²) in [6.45, 7) is 1.31. The minimum absolute atomic E-state index is 0.0255. The summed E-state index contributed by atoms with van der Waals surface area (Å²) in [6, 6.07) is 2.04. The van der Waals surface area contributed by atoms with Gasteiger partial charge in [0.1, 0.15) is 11.6 Å². The molecule has 2 aromatic rings. The SMILES string of the molecule is CC(=O)c1c[nH]c2c(F)ccc(F)c12. The Morgan fingerprint density at radius 1 is 1.29 bits per heavy atom. The number of H-pyrrole nitrogens is 1. The molecule has 0 spiro atoms. The van der Waals surface area contributed by atoms with Crippen molar-refractivity contribution in [2.45, 2.75) is 6.92 Å². The van der Waals surface area contributed by atoms with E-state index in [9.17, 15) is 13.6 Å². The summed E-state index contributed by atoms with van der Waals surface area (Å²) < 4.78 is 26.4. The molecule has 0 aliphatic carbocycles. The van der Waals surface area contributed by atoms with E-state index in [-0.39, 0.29) is 22.2 Å². The summed E-state index contributed by atoms with van der Waals surface area (Å²) in [7, 11) is 0. The molecule has 1 aromatic heterocycles. The lowest BCUT2D eigenvalue weighted by molar-refractivity contribution is 0.101. The van der Waals surface area contributed by atoms with Gasteiger partial charge in [-0.25, -0.2) is 8.78 Å². The molecule has 0 fully saturated rings. The topological polar surface area (TPSA) is 32.9 Å². The third kappa shape index (κ3) is 1.11. The van der Waals surface area contributed by atoms with Gasteiger partial charge in [-0.2, -0.15) is 0 Å². The van der Waals surface area contributed by atoms with Crippen LogP contribution in [-0.4, -0.2) is 10.8 Å². The van der Waals surface area contributed by atoms with Crippen LogP contribution >= 0.6 is 0 Å². The number of halogens is 2. The smallest absolute Gasteiger partial charge is 0.162 e. The summed E-state index contributed by atoms with van der Waals surface area (Å²) in [5.74, 6) is -1.44. The minimum Gasteiger partial charge on any atom is -0.358 e. The molecule has 2 nitrogen and oxygen atoms in total. The van der Waals surface area contributed by atoms with Crippen molar-refractivity contribution in [3.8, 4) is 0 Å². The molecule has 2 rings (SSSR count). The van der Waals surface area contributed by atoms with E-state index in [0.717, 1.165) is 12.1 Å². The molecule has 0 radical (unpaired) electrons. The van der Waals surface area contributed by atoms with Gasteiger partial charge >= 0.3 is 0 Å². The average molecular weight is 195 g/mol. The van der Waals surface area contributed by atoms with E-state index in [2.05, 4.69) is 4.98 Å². The molecule has 0 aliphatic heterocycles. The standard InChI is InChI=1S/C10H7F2NO/c1-5(14)6-4-13-10-8(12)3-2-7(11)9(6)10/h2-4,13H,1H3. The van der Waals surface area contributed by atoms with Gasteiger partial charge in [0.05, 0.1) is 5.52 Å². The number of hydrogen-bond donors (Lipinski definition) is 1. The first kappa shape index (κ1) is 8.87. The van der Waals surface area contributed by atoms with E-state index in [1.807, 2.05) is 0 Å². The van der Waals surface area contributed by atoms with Crippen molar-refractivity contribution in [2.75, 3.05) is 0 Å². The summed E-state index contributed by atoms with van der Waals surface area (Å²) in [5.41, 5.74) is 0.215. The maximum absolute atomic E-state index is 13.3. The fourth-order valence-electron chi connectivity index (χ4n) is 1.45. The third-order valence-electron chi connectivity index (χ3n) is 2.11.